The zero-order valence-electron chi connectivity index (χ0n) is 15.2. The molecule has 0 aromatic carbocycles. The van der Waals surface area contributed by atoms with Crippen molar-refractivity contribution in [2.45, 2.75) is 43.9 Å². The Bertz CT molecular complexity index is 890. The molecule has 0 bridgehead atoms. The van der Waals surface area contributed by atoms with Crippen molar-refractivity contribution >= 4 is 11.7 Å². The molecular formula is C19H20FN5O3. The number of aromatic nitrogens is 3. The standard InChI is InChI=1S/C19H20FN5O3/c20-12-5-15(19(26)24-17-7-22-13(6-23-17)11-1-2-11)25(8-12)9-14-18-16(3-4-21-14)27-10-28-18/h3-4,6-7,11-12,15H,1-2,5,8-10H2,(H,23,24,26)/t12-,15+/m0/s1. The van der Waals surface area contributed by atoms with E-state index in [1.165, 1.54) is 0 Å². The van der Waals surface area contributed by atoms with E-state index in [2.05, 4.69) is 20.3 Å². The molecule has 2 aliphatic heterocycles. The van der Waals surface area contributed by atoms with E-state index in [0.717, 1.165) is 18.5 Å². The summed E-state index contributed by atoms with van der Waals surface area (Å²) in [5.74, 6) is 1.77. The molecule has 1 amide bonds. The van der Waals surface area contributed by atoms with Crippen LogP contribution in [0.15, 0.2) is 24.7 Å². The number of ether oxygens (including phenoxy) is 2. The topological polar surface area (TPSA) is 89.5 Å². The third kappa shape index (κ3) is 3.37. The monoisotopic (exact) mass is 385 g/mol. The number of pyridine rings is 1. The van der Waals surface area contributed by atoms with Gasteiger partial charge in [-0.25, -0.2) is 9.37 Å². The van der Waals surface area contributed by atoms with Crippen LogP contribution < -0.4 is 14.8 Å². The van der Waals surface area contributed by atoms with Gasteiger partial charge in [0.05, 0.1) is 24.1 Å². The van der Waals surface area contributed by atoms with Crippen LogP contribution >= 0.6 is 0 Å². The summed E-state index contributed by atoms with van der Waals surface area (Å²) < 4.78 is 25.0. The van der Waals surface area contributed by atoms with Crippen LogP contribution in [0.2, 0.25) is 0 Å². The first-order valence-electron chi connectivity index (χ1n) is 9.42. The number of alkyl halides is 1. The number of rotatable bonds is 5. The highest BCUT2D eigenvalue weighted by Gasteiger charge is 2.38. The number of hydrogen-bond donors (Lipinski definition) is 1. The van der Waals surface area contributed by atoms with E-state index in [4.69, 9.17) is 9.47 Å². The van der Waals surface area contributed by atoms with E-state index in [9.17, 15) is 9.18 Å². The van der Waals surface area contributed by atoms with Crippen LogP contribution in [0, 0.1) is 0 Å². The lowest BCUT2D eigenvalue weighted by molar-refractivity contribution is -0.120. The van der Waals surface area contributed by atoms with Gasteiger partial charge in [-0.15, -0.1) is 0 Å². The molecule has 3 aliphatic rings. The summed E-state index contributed by atoms with van der Waals surface area (Å²) in [5.41, 5.74) is 1.59. The molecule has 2 atom stereocenters. The Labute approximate surface area is 161 Å². The van der Waals surface area contributed by atoms with E-state index < -0.39 is 12.2 Å². The Balaban J connectivity index is 1.29. The van der Waals surface area contributed by atoms with E-state index >= 15 is 0 Å². The van der Waals surface area contributed by atoms with Crippen LogP contribution in [0.25, 0.3) is 0 Å². The fourth-order valence-electron chi connectivity index (χ4n) is 3.69. The molecule has 1 N–H and O–H groups in total. The zero-order chi connectivity index (χ0) is 19.1. The van der Waals surface area contributed by atoms with Crippen molar-refractivity contribution < 1.29 is 18.7 Å². The van der Waals surface area contributed by atoms with Crippen LogP contribution in [-0.2, 0) is 11.3 Å². The smallest absolute Gasteiger partial charge is 0.243 e. The first-order valence-corrected chi connectivity index (χ1v) is 9.42. The molecule has 146 valence electrons. The van der Waals surface area contributed by atoms with Crippen molar-refractivity contribution in [1.29, 1.82) is 0 Å². The molecule has 2 aromatic heterocycles. The normalized spacial score (nSPS) is 23.8. The zero-order valence-corrected chi connectivity index (χ0v) is 15.2. The highest BCUT2D eigenvalue weighted by Crippen LogP contribution is 2.38. The number of halogens is 1. The first kappa shape index (κ1) is 17.3. The second-order valence-corrected chi connectivity index (χ2v) is 7.36. The van der Waals surface area contributed by atoms with Crippen molar-refractivity contribution in [3.63, 3.8) is 0 Å². The van der Waals surface area contributed by atoms with Gasteiger partial charge in [-0.3, -0.25) is 19.7 Å². The lowest BCUT2D eigenvalue weighted by Crippen LogP contribution is -2.39. The number of hydrogen-bond acceptors (Lipinski definition) is 7. The van der Waals surface area contributed by atoms with Crippen LogP contribution in [0.1, 0.15) is 36.6 Å². The average Bonchev–Trinajstić information content (AvgIpc) is 3.31. The predicted octanol–water partition coefficient (Wildman–Crippen LogP) is 2.03. The number of carbonyl (C=O) groups excluding carboxylic acids is 1. The molecular weight excluding hydrogens is 365 g/mol. The third-order valence-corrected chi connectivity index (χ3v) is 5.29. The van der Waals surface area contributed by atoms with Gasteiger partial charge in [0.1, 0.15) is 11.9 Å². The van der Waals surface area contributed by atoms with Crippen LogP contribution in [0.4, 0.5) is 10.2 Å². The maximum Gasteiger partial charge on any atom is 0.243 e. The average molecular weight is 385 g/mol. The van der Waals surface area contributed by atoms with Crippen molar-refractivity contribution in [3.8, 4) is 11.5 Å². The second kappa shape index (κ2) is 6.97. The molecule has 1 saturated heterocycles. The van der Waals surface area contributed by atoms with Gasteiger partial charge in [0.2, 0.25) is 12.7 Å². The maximum atomic E-state index is 14.1. The molecule has 0 unspecified atom stereocenters. The SMILES string of the molecule is O=C(Nc1cnc(C2CC2)cn1)[C@H]1C[C@H](F)CN1Cc1nccc2c1OCO2. The summed E-state index contributed by atoms with van der Waals surface area (Å²) in [6.07, 6.45) is 6.22. The van der Waals surface area contributed by atoms with Gasteiger partial charge in [0, 0.05) is 37.7 Å². The fourth-order valence-corrected chi connectivity index (χ4v) is 3.69. The number of likely N-dealkylation sites (tertiary alicyclic amines) is 1. The van der Waals surface area contributed by atoms with E-state index in [1.54, 1.807) is 29.6 Å². The largest absolute Gasteiger partial charge is 0.453 e. The summed E-state index contributed by atoms with van der Waals surface area (Å²) in [7, 11) is 0. The molecule has 1 saturated carbocycles. The minimum absolute atomic E-state index is 0.131. The quantitative estimate of drug-likeness (QED) is 0.842. The molecule has 8 nitrogen and oxygen atoms in total. The maximum absolute atomic E-state index is 14.1. The van der Waals surface area contributed by atoms with Gasteiger partial charge in [-0.2, -0.15) is 0 Å². The van der Waals surface area contributed by atoms with Crippen molar-refractivity contribution in [3.05, 3.63) is 36.0 Å². The molecule has 9 heteroatoms. The van der Waals surface area contributed by atoms with Gasteiger partial charge in [0.25, 0.3) is 0 Å². The molecule has 2 fully saturated rings. The highest BCUT2D eigenvalue weighted by molar-refractivity contribution is 5.94. The summed E-state index contributed by atoms with van der Waals surface area (Å²) in [6, 6.07) is 1.11. The van der Waals surface area contributed by atoms with Crippen LogP contribution in [-0.4, -0.2) is 51.3 Å². The Kier molecular flexibility index (Phi) is 4.31. The number of carbonyl (C=O) groups is 1. The van der Waals surface area contributed by atoms with Gasteiger partial charge < -0.3 is 14.8 Å². The Morgan fingerprint density at radius 2 is 2.14 bits per heavy atom. The molecule has 4 heterocycles. The van der Waals surface area contributed by atoms with E-state index in [-0.39, 0.29) is 25.7 Å². The van der Waals surface area contributed by atoms with Gasteiger partial charge >= 0.3 is 0 Å². The molecule has 0 radical (unpaired) electrons. The molecule has 5 rings (SSSR count). The lowest BCUT2D eigenvalue weighted by atomic mass is 10.2. The Morgan fingerprint density at radius 3 is 2.93 bits per heavy atom. The Morgan fingerprint density at radius 1 is 1.25 bits per heavy atom. The summed E-state index contributed by atoms with van der Waals surface area (Å²) in [5, 5.41) is 2.76. The number of fused-ring (bicyclic) bond motifs is 1. The highest BCUT2D eigenvalue weighted by atomic mass is 19.1. The van der Waals surface area contributed by atoms with Gasteiger partial charge in [0.15, 0.2) is 17.3 Å². The summed E-state index contributed by atoms with van der Waals surface area (Å²) >= 11 is 0. The van der Waals surface area contributed by atoms with E-state index in [1.807, 2.05) is 0 Å². The second-order valence-electron chi connectivity index (χ2n) is 7.36. The molecule has 2 aromatic rings. The first-order chi connectivity index (χ1) is 13.7. The van der Waals surface area contributed by atoms with Crippen molar-refractivity contribution in [2.24, 2.45) is 0 Å². The number of nitrogens with zero attached hydrogens (tertiary/aromatic N) is 4. The third-order valence-electron chi connectivity index (χ3n) is 5.29. The van der Waals surface area contributed by atoms with Crippen LogP contribution in [0.3, 0.4) is 0 Å². The number of amides is 1. The Hall–Kier alpha value is -2.81. The minimum Gasteiger partial charge on any atom is -0.453 e. The van der Waals surface area contributed by atoms with Crippen LogP contribution in [0.5, 0.6) is 11.5 Å². The van der Waals surface area contributed by atoms with Crippen molar-refractivity contribution in [1.82, 2.24) is 19.9 Å². The predicted molar refractivity (Wildman–Crippen MR) is 96.7 cm³/mol. The lowest BCUT2D eigenvalue weighted by Gasteiger charge is -2.23. The molecule has 28 heavy (non-hydrogen) atoms. The van der Waals surface area contributed by atoms with Gasteiger partial charge in [-0.05, 0) is 12.8 Å². The summed E-state index contributed by atoms with van der Waals surface area (Å²) in [6.45, 7) is 0.604. The molecule has 1 aliphatic carbocycles. The fraction of sp³-hybridized carbons (Fsp3) is 0.474. The molecule has 0 spiro atoms. The van der Waals surface area contributed by atoms with Crippen molar-refractivity contribution in [2.75, 3.05) is 18.7 Å². The minimum atomic E-state index is -1.08. The van der Waals surface area contributed by atoms with Gasteiger partial charge in [-0.1, -0.05) is 0 Å². The van der Waals surface area contributed by atoms with E-state index in [0.29, 0.717) is 35.5 Å². The summed E-state index contributed by atoms with van der Waals surface area (Å²) in [4.78, 5) is 27.5. The number of anilines is 1. The number of nitrogens with one attached hydrogen (secondary N) is 1.